The highest BCUT2D eigenvalue weighted by atomic mass is 19.4. The van der Waals surface area contributed by atoms with E-state index in [9.17, 15) is 22.8 Å². The predicted molar refractivity (Wildman–Crippen MR) is 96.1 cm³/mol. The largest absolute Gasteiger partial charge is 0.489 e. The molecule has 0 saturated heterocycles. The summed E-state index contributed by atoms with van der Waals surface area (Å²) in [6, 6.07) is 5.89. The van der Waals surface area contributed by atoms with E-state index in [-0.39, 0.29) is 24.7 Å². The molecule has 0 atom stereocenters. The van der Waals surface area contributed by atoms with Crippen LogP contribution in [-0.2, 0) is 25.2 Å². The fraction of sp³-hybridized carbons (Fsp3) is 0.263. The number of furan rings is 1. The van der Waals surface area contributed by atoms with Crippen molar-refractivity contribution in [3.05, 3.63) is 54.0 Å². The van der Waals surface area contributed by atoms with Crippen LogP contribution in [-0.4, -0.2) is 38.8 Å². The highest BCUT2D eigenvalue weighted by Gasteiger charge is 2.31. The Morgan fingerprint density at radius 2 is 2.00 bits per heavy atom. The molecule has 2 rings (SSSR count). The van der Waals surface area contributed by atoms with E-state index in [1.54, 1.807) is 12.1 Å². The lowest BCUT2D eigenvalue weighted by Crippen LogP contribution is -2.21. The minimum Gasteiger partial charge on any atom is -0.489 e. The zero-order chi connectivity index (χ0) is 21.3. The number of carbonyl (C=O) groups is 2. The molecule has 10 heteroatoms. The molecule has 1 heterocycles. The van der Waals surface area contributed by atoms with E-state index in [0.29, 0.717) is 5.76 Å². The van der Waals surface area contributed by atoms with E-state index < -0.39 is 30.2 Å². The molecule has 0 fully saturated rings. The number of hydrogen-bond acceptors (Lipinski definition) is 6. The molecule has 0 aliphatic carbocycles. The Morgan fingerprint density at radius 3 is 2.66 bits per heavy atom. The average Bonchev–Trinajstić information content (AvgIpc) is 3.19. The lowest BCUT2D eigenvalue weighted by Gasteiger charge is -2.15. The first-order chi connectivity index (χ1) is 13.8. The van der Waals surface area contributed by atoms with Crippen LogP contribution in [0, 0.1) is 0 Å². The zero-order valence-corrected chi connectivity index (χ0v) is 15.3. The quantitative estimate of drug-likeness (QED) is 0.385. The lowest BCUT2D eigenvalue weighted by atomic mass is 10.1. The molecule has 0 spiro atoms. The second-order valence-corrected chi connectivity index (χ2v) is 5.55. The monoisotopic (exact) mass is 413 g/mol. The van der Waals surface area contributed by atoms with Gasteiger partial charge in [0.25, 0.3) is 5.91 Å². The molecule has 2 aromatic rings. The standard InChI is InChI=1S/C19H18F3NO6/c1-26-9-10-28-16-6-4-13(19(20,21)22)11-15(16)23-17(24)12-29-18(25)7-5-14-3-2-8-27-14/h2-8,11H,9-10,12H2,1H3,(H,23,24)/b7-5+. The van der Waals surface area contributed by atoms with Gasteiger partial charge in [-0.25, -0.2) is 4.79 Å². The number of anilines is 1. The SMILES string of the molecule is COCCOc1ccc(C(F)(F)F)cc1NC(=O)COC(=O)/C=C/c1ccco1. The van der Waals surface area contributed by atoms with Crippen molar-refractivity contribution in [1.29, 1.82) is 0 Å². The van der Waals surface area contributed by atoms with Gasteiger partial charge in [0.15, 0.2) is 6.61 Å². The number of hydrogen-bond donors (Lipinski definition) is 1. The summed E-state index contributed by atoms with van der Waals surface area (Å²) in [4.78, 5) is 23.6. The van der Waals surface area contributed by atoms with Crippen LogP contribution in [0.4, 0.5) is 18.9 Å². The van der Waals surface area contributed by atoms with Gasteiger partial charge < -0.3 is 23.9 Å². The molecule has 0 bridgehead atoms. The van der Waals surface area contributed by atoms with E-state index in [1.165, 1.54) is 19.4 Å². The van der Waals surface area contributed by atoms with Crippen molar-refractivity contribution >= 4 is 23.6 Å². The molecule has 0 radical (unpaired) electrons. The molecule has 29 heavy (non-hydrogen) atoms. The summed E-state index contributed by atoms with van der Waals surface area (Å²) in [6.45, 7) is -0.430. The van der Waals surface area contributed by atoms with Crippen LogP contribution < -0.4 is 10.1 Å². The molecule has 7 nitrogen and oxygen atoms in total. The third-order valence-electron chi connectivity index (χ3n) is 3.40. The van der Waals surface area contributed by atoms with Crippen LogP contribution in [0.2, 0.25) is 0 Å². The number of ether oxygens (including phenoxy) is 3. The number of carbonyl (C=O) groups excluding carboxylic acids is 2. The molecule has 0 saturated carbocycles. The second kappa shape index (κ2) is 10.3. The van der Waals surface area contributed by atoms with Gasteiger partial charge in [0.05, 0.1) is 24.1 Å². The van der Waals surface area contributed by atoms with Crippen molar-refractivity contribution in [1.82, 2.24) is 0 Å². The summed E-state index contributed by atoms with van der Waals surface area (Å²) < 4.78 is 58.7. The summed E-state index contributed by atoms with van der Waals surface area (Å²) in [7, 11) is 1.44. The third-order valence-corrected chi connectivity index (χ3v) is 3.40. The molecule has 1 amide bonds. The van der Waals surface area contributed by atoms with Crippen molar-refractivity contribution in [2.24, 2.45) is 0 Å². The molecular formula is C19H18F3NO6. The van der Waals surface area contributed by atoms with Gasteiger partial charge in [-0.2, -0.15) is 13.2 Å². The summed E-state index contributed by atoms with van der Waals surface area (Å²) >= 11 is 0. The number of alkyl halides is 3. The van der Waals surface area contributed by atoms with Gasteiger partial charge >= 0.3 is 12.1 Å². The van der Waals surface area contributed by atoms with Gasteiger partial charge in [-0.1, -0.05) is 0 Å². The van der Waals surface area contributed by atoms with Crippen molar-refractivity contribution < 1.29 is 41.4 Å². The van der Waals surface area contributed by atoms with E-state index in [0.717, 1.165) is 24.3 Å². The van der Waals surface area contributed by atoms with Crippen molar-refractivity contribution in [2.75, 3.05) is 32.2 Å². The smallest absolute Gasteiger partial charge is 0.416 e. The molecule has 0 unspecified atom stereocenters. The number of nitrogens with one attached hydrogen (secondary N) is 1. The van der Waals surface area contributed by atoms with E-state index in [4.69, 9.17) is 18.6 Å². The van der Waals surface area contributed by atoms with Gasteiger partial charge in [0, 0.05) is 13.2 Å². The minimum absolute atomic E-state index is 0.0208. The molecule has 156 valence electrons. The molecule has 0 aliphatic rings. The van der Waals surface area contributed by atoms with Gasteiger partial charge in [0.2, 0.25) is 0 Å². The lowest BCUT2D eigenvalue weighted by molar-refractivity contribution is -0.142. The van der Waals surface area contributed by atoms with E-state index in [2.05, 4.69) is 5.32 Å². The van der Waals surface area contributed by atoms with Crippen LogP contribution in [0.5, 0.6) is 5.75 Å². The fourth-order valence-corrected chi connectivity index (χ4v) is 2.07. The topological polar surface area (TPSA) is 87.0 Å². The van der Waals surface area contributed by atoms with Gasteiger partial charge in [0.1, 0.15) is 18.1 Å². The normalized spacial score (nSPS) is 11.4. The Bertz CT molecular complexity index is 846. The summed E-state index contributed by atoms with van der Waals surface area (Å²) in [6.07, 6.45) is -0.794. The number of halogens is 3. The fourth-order valence-electron chi connectivity index (χ4n) is 2.07. The molecule has 1 N–H and O–H groups in total. The Kier molecular flexibility index (Phi) is 7.84. The summed E-state index contributed by atoms with van der Waals surface area (Å²) in [5, 5.41) is 2.25. The maximum absolute atomic E-state index is 12.9. The Morgan fingerprint density at radius 1 is 1.21 bits per heavy atom. The summed E-state index contributed by atoms with van der Waals surface area (Å²) in [5.41, 5.74) is -1.17. The van der Waals surface area contributed by atoms with Crippen LogP contribution in [0.25, 0.3) is 6.08 Å². The van der Waals surface area contributed by atoms with Gasteiger partial charge in [-0.3, -0.25) is 4.79 Å². The maximum Gasteiger partial charge on any atom is 0.416 e. The Balaban J connectivity index is 1.99. The first kappa shape index (κ1) is 22.0. The first-order valence-electron chi connectivity index (χ1n) is 8.31. The molecule has 0 aliphatic heterocycles. The second-order valence-electron chi connectivity index (χ2n) is 5.55. The first-order valence-corrected chi connectivity index (χ1v) is 8.31. The predicted octanol–water partition coefficient (Wildman–Crippen LogP) is 3.52. The Hall–Kier alpha value is -3.27. The van der Waals surface area contributed by atoms with E-state index in [1.807, 2.05) is 0 Å². The molecule has 1 aromatic carbocycles. The van der Waals surface area contributed by atoms with Crippen LogP contribution in [0.3, 0.4) is 0 Å². The maximum atomic E-state index is 12.9. The number of methoxy groups -OCH3 is 1. The average molecular weight is 413 g/mol. The van der Waals surface area contributed by atoms with Crippen LogP contribution in [0.15, 0.2) is 47.1 Å². The van der Waals surface area contributed by atoms with Crippen molar-refractivity contribution in [2.45, 2.75) is 6.18 Å². The van der Waals surface area contributed by atoms with Gasteiger partial charge in [-0.15, -0.1) is 0 Å². The highest BCUT2D eigenvalue weighted by molar-refractivity contribution is 5.95. The van der Waals surface area contributed by atoms with Crippen molar-refractivity contribution in [3.63, 3.8) is 0 Å². The Labute approximate surface area is 164 Å². The third kappa shape index (κ3) is 7.34. The highest BCUT2D eigenvalue weighted by Crippen LogP contribution is 2.35. The summed E-state index contributed by atoms with van der Waals surface area (Å²) in [5.74, 6) is -1.22. The van der Waals surface area contributed by atoms with Gasteiger partial charge in [-0.05, 0) is 36.4 Å². The van der Waals surface area contributed by atoms with Crippen molar-refractivity contribution in [3.8, 4) is 5.75 Å². The van der Waals surface area contributed by atoms with Crippen LogP contribution in [0.1, 0.15) is 11.3 Å². The number of amides is 1. The van der Waals surface area contributed by atoms with E-state index >= 15 is 0 Å². The number of rotatable bonds is 9. The number of esters is 1. The molecular weight excluding hydrogens is 395 g/mol. The minimum atomic E-state index is -4.60. The number of benzene rings is 1. The van der Waals surface area contributed by atoms with Crippen LogP contribution >= 0.6 is 0 Å². The molecule has 1 aromatic heterocycles. The zero-order valence-electron chi connectivity index (χ0n) is 15.3.